The number of carbonyl (C=O) groups is 2. The number of aromatic nitrogens is 1. The summed E-state index contributed by atoms with van der Waals surface area (Å²) in [6.07, 6.45) is 1.45. The van der Waals surface area contributed by atoms with E-state index in [0.717, 1.165) is 22.0 Å². The number of hydrogen-bond donors (Lipinski definition) is 2. The van der Waals surface area contributed by atoms with Crippen LogP contribution >= 0.6 is 23.2 Å². The number of ether oxygens (including phenoxy) is 3. The molecule has 0 fully saturated rings. The highest BCUT2D eigenvalue weighted by atomic mass is 35.5. The number of halogens is 2. The topological polar surface area (TPSA) is 102 Å². The third-order valence-electron chi connectivity index (χ3n) is 6.56. The number of rotatable bonds is 8. The Morgan fingerprint density at radius 3 is 2.40 bits per heavy atom. The van der Waals surface area contributed by atoms with Crippen molar-refractivity contribution in [2.75, 3.05) is 14.2 Å². The molecule has 2 N–H and O–H groups in total. The van der Waals surface area contributed by atoms with Crippen molar-refractivity contribution in [3.05, 3.63) is 111 Å². The Hall–Kier alpha value is -4.79. The second kappa shape index (κ2) is 12.4. The molecule has 5 aromatic rings. The Balaban J connectivity index is 1.37. The van der Waals surface area contributed by atoms with Gasteiger partial charge in [-0.25, -0.2) is 10.2 Å². The number of methoxy groups -OCH3 is 2. The molecule has 42 heavy (non-hydrogen) atoms. The molecule has 4 aromatic carbocycles. The van der Waals surface area contributed by atoms with Crippen LogP contribution in [0.2, 0.25) is 10.0 Å². The largest absolute Gasteiger partial charge is 0.496 e. The van der Waals surface area contributed by atoms with E-state index in [1.54, 1.807) is 36.4 Å². The number of para-hydroxylation sites is 1. The van der Waals surface area contributed by atoms with Crippen molar-refractivity contribution in [2.45, 2.75) is 6.92 Å². The maximum Gasteiger partial charge on any atom is 0.347 e. The minimum atomic E-state index is -0.663. The molecule has 0 saturated carbocycles. The van der Waals surface area contributed by atoms with Crippen molar-refractivity contribution in [1.82, 2.24) is 10.4 Å². The fourth-order valence-corrected chi connectivity index (χ4v) is 4.95. The molecule has 1 amide bonds. The highest BCUT2D eigenvalue weighted by molar-refractivity contribution is 6.34. The van der Waals surface area contributed by atoms with E-state index in [2.05, 4.69) is 15.5 Å². The third-order valence-corrected chi connectivity index (χ3v) is 7.13. The average molecular weight is 602 g/mol. The number of aromatic amines is 1. The summed E-state index contributed by atoms with van der Waals surface area (Å²) in [5.74, 6) is -0.310. The predicted molar refractivity (Wildman–Crippen MR) is 164 cm³/mol. The lowest BCUT2D eigenvalue weighted by atomic mass is 10.0. The molecule has 0 unspecified atom stereocenters. The summed E-state index contributed by atoms with van der Waals surface area (Å²) >= 11 is 12.6. The summed E-state index contributed by atoms with van der Waals surface area (Å²) in [7, 11) is 2.90. The molecule has 8 nitrogen and oxygen atoms in total. The van der Waals surface area contributed by atoms with Gasteiger partial charge in [0, 0.05) is 32.1 Å². The van der Waals surface area contributed by atoms with Gasteiger partial charge in [-0.05, 0) is 60.5 Å². The van der Waals surface area contributed by atoms with Gasteiger partial charge in [0.15, 0.2) is 11.5 Å². The number of aryl methyl sites for hydroxylation is 1. The van der Waals surface area contributed by atoms with Gasteiger partial charge in [-0.2, -0.15) is 5.10 Å². The summed E-state index contributed by atoms with van der Waals surface area (Å²) in [5, 5.41) is 5.91. The molecular weight excluding hydrogens is 577 g/mol. The average Bonchev–Trinajstić information content (AvgIpc) is 3.39. The van der Waals surface area contributed by atoms with Crippen molar-refractivity contribution in [3.8, 4) is 28.4 Å². The summed E-state index contributed by atoms with van der Waals surface area (Å²) in [6.45, 7) is 1.97. The summed E-state index contributed by atoms with van der Waals surface area (Å²) < 4.78 is 16.2. The number of fused-ring (bicyclic) bond motifs is 1. The number of hydrazone groups is 1. The maximum atomic E-state index is 13.3. The van der Waals surface area contributed by atoms with E-state index in [-0.39, 0.29) is 17.1 Å². The first-order valence-corrected chi connectivity index (χ1v) is 13.5. The van der Waals surface area contributed by atoms with Crippen molar-refractivity contribution < 1.29 is 23.8 Å². The number of hydrogen-bond acceptors (Lipinski definition) is 6. The molecule has 212 valence electrons. The van der Waals surface area contributed by atoms with Gasteiger partial charge in [-0.1, -0.05) is 59.6 Å². The molecular formula is C32H25Cl2N3O5. The van der Waals surface area contributed by atoms with Gasteiger partial charge in [0.25, 0.3) is 5.91 Å². The SMILES string of the molecule is COc1cc(C=NNC(=O)c2[nH]c3c(C)cccc3c2-c2ccccc2Cl)ccc1OC(=O)c1cc(Cl)ccc1OC. The molecule has 0 saturated heterocycles. The number of esters is 1. The summed E-state index contributed by atoms with van der Waals surface area (Å²) in [5.41, 5.74) is 6.93. The predicted octanol–water partition coefficient (Wildman–Crippen LogP) is 7.45. The number of nitrogens with zero attached hydrogens (tertiary/aromatic N) is 1. The molecule has 10 heteroatoms. The van der Waals surface area contributed by atoms with Crippen LogP contribution in [0.1, 0.15) is 32.0 Å². The van der Waals surface area contributed by atoms with Crippen LogP contribution in [-0.4, -0.2) is 37.3 Å². The van der Waals surface area contributed by atoms with Crippen LogP contribution in [0.25, 0.3) is 22.0 Å². The molecule has 0 aliphatic carbocycles. The molecule has 1 heterocycles. The van der Waals surface area contributed by atoms with Crippen LogP contribution in [0.15, 0.2) is 84.0 Å². The van der Waals surface area contributed by atoms with Crippen molar-refractivity contribution in [3.63, 3.8) is 0 Å². The fourth-order valence-electron chi connectivity index (χ4n) is 4.54. The first kappa shape index (κ1) is 28.7. The molecule has 0 atom stereocenters. The molecule has 0 bridgehead atoms. The maximum absolute atomic E-state index is 13.3. The van der Waals surface area contributed by atoms with Gasteiger partial charge in [0.2, 0.25) is 0 Å². The minimum absolute atomic E-state index is 0.170. The molecule has 5 rings (SSSR count). The van der Waals surface area contributed by atoms with E-state index in [9.17, 15) is 9.59 Å². The quantitative estimate of drug-likeness (QED) is 0.0832. The Kier molecular flexibility index (Phi) is 8.47. The molecule has 0 radical (unpaired) electrons. The number of carbonyl (C=O) groups excluding carboxylic acids is 2. The third kappa shape index (κ3) is 5.81. The lowest BCUT2D eigenvalue weighted by Crippen LogP contribution is -2.19. The van der Waals surface area contributed by atoms with Gasteiger partial charge >= 0.3 is 5.97 Å². The van der Waals surface area contributed by atoms with Crippen LogP contribution in [0, 0.1) is 6.92 Å². The normalized spacial score (nSPS) is 11.1. The Bertz CT molecular complexity index is 1850. The molecule has 0 spiro atoms. The fraction of sp³-hybridized carbons (Fsp3) is 0.0938. The van der Waals surface area contributed by atoms with E-state index < -0.39 is 11.9 Å². The number of amides is 1. The first-order valence-electron chi connectivity index (χ1n) is 12.7. The van der Waals surface area contributed by atoms with Gasteiger partial charge in [-0.3, -0.25) is 4.79 Å². The second-order valence-electron chi connectivity index (χ2n) is 9.20. The standard InChI is InChI=1S/C32H25Cl2N3O5/c1-18-7-6-9-22-28(21-8-4-5-10-24(21)34)30(36-29(18)22)31(38)37-35-17-19-11-13-26(27(15-19)41-3)42-32(39)23-16-20(33)12-14-25(23)40-2/h4-17,36H,1-3H3,(H,37,38). The van der Waals surface area contributed by atoms with E-state index in [0.29, 0.717) is 32.6 Å². The van der Waals surface area contributed by atoms with E-state index in [1.165, 1.54) is 26.5 Å². The first-order chi connectivity index (χ1) is 20.3. The smallest absolute Gasteiger partial charge is 0.347 e. The minimum Gasteiger partial charge on any atom is -0.496 e. The number of benzene rings is 4. The van der Waals surface area contributed by atoms with Crippen molar-refractivity contribution in [1.29, 1.82) is 0 Å². The van der Waals surface area contributed by atoms with E-state index in [4.69, 9.17) is 37.4 Å². The second-order valence-corrected chi connectivity index (χ2v) is 10.0. The van der Waals surface area contributed by atoms with Crippen LogP contribution in [0.5, 0.6) is 17.2 Å². The van der Waals surface area contributed by atoms with Crippen LogP contribution in [-0.2, 0) is 0 Å². The zero-order valence-electron chi connectivity index (χ0n) is 22.8. The lowest BCUT2D eigenvalue weighted by Gasteiger charge is -2.12. The number of nitrogens with one attached hydrogen (secondary N) is 2. The summed E-state index contributed by atoms with van der Waals surface area (Å²) in [4.78, 5) is 29.4. The Labute approximate surface area is 251 Å². The van der Waals surface area contributed by atoms with Crippen LogP contribution < -0.4 is 19.6 Å². The molecule has 0 aliphatic rings. The highest BCUT2D eigenvalue weighted by Gasteiger charge is 2.22. The van der Waals surface area contributed by atoms with Crippen molar-refractivity contribution in [2.24, 2.45) is 5.10 Å². The summed E-state index contributed by atoms with van der Waals surface area (Å²) in [6, 6.07) is 22.7. The zero-order chi connectivity index (χ0) is 29.8. The lowest BCUT2D eigenvalue weighted by molar-refractivity contribution is 0.0726. The van der Waals surface area contributed by atoms with Crippen molar-refractivity contribution >= 4 is 52.2 Å². The monoisotopic (exact) mass is 601 g/mol. The number of H-pyrrole nitrogens is 1. The van der Waals surface area contributed by atoms with Gasteiger partial charge < -0.3 is 19.2 Å². The van der Waals surface area contributed by atoms with Gasteiger partial charge in [0.05, 0.1) is 20.4 Å². The molecule has 0 aliphatic heterocycles. The van der Waals surface area contributed by atoms with Crippen LogP contribution in [0.4, 0.5) is 0 Å². The Morgan fingerprint density at radius 1 is 0.881 bits per heavy atom. The zero-order valence-corrected chi connectivity index (χ0v) is 24.3. The van der Waals surface area contributed by atoms with E-state index >= 15 is 0 Å². The van der Waals surface area contributed by atoms with Gasteiger partial charge in [0.1, 0.15) is 17.0 Å². The molecule has 1 aromatic heterocycles. The van der Waals surface area contributed by atoms with E-state index in [1.807, 2.05) is 43.3 Å². The Morgan fingerprint density at radius 2 is 1.64 bits per heavy atom. The van der Waals surface area contributed by atoms with Crippen LogP contribution in [0.3, 0.4) is 0 Å². The highest BCUT2D eigenvalue weighted by Crippen LogP contribution is 2.37. The van der Waals surface area contributed by atoms with Gasteiger partial charge in [-0.15, -0.1) is 0 Å².